The third-order valence-electron chi connectivity index (χ3n) is 3.22. The smallest absolute Gasteiger partial charge is 0.308 e. The third kappa shape index (κ3) is 2.31. The number of aliphatic carboxylic acids is 1. The molecular weight excluding hydrogens is 256 g/mol. The fourth-order valence-corrected chi connectivity index (χ4v) is 2.37. The van der Waals surface area contributed by atoms with Gasteiger partial charge < -0.3 is 10.0 Å². The lowest BCUT2D eigenvalue weighted by Crippen LogP contribution is -2.30. The standard InChI is InChI=1S/C12H13ClN2O3/c1-7-5-15(6-9(7)12(17)18)11(16)8-2-3-14-4-10(8)13/h2-4,7,9H,5-6H2,1H3,(H,17,18). The van der Waals surface area contributed by atoms with E-state index in [2.05, 4.69) is 4.98 Å². The first-order chi connectivity index (χ1) is 8.50. The highest BCUT2D eigenvalue weighted by Crippen LogP contribution is 2.26. The summed E-state index contributed by atoms with van der Waals surface area (Å²) >= 11 is 5.91. The topological polar surface area (TPSA) is 70.5 Å². The predicted molar refractivity (Wildman–Crippen MR) is 65.4 cm³/mol. The van der Waals surface area contributed by atoms with Crippen LogP contribution >= 0.6 is 11.6 Å². The number of carbonyl (C=O) groups excluding carboxylic acids is 1. The molecule has 0 aromatic carbocycles. The maximum Gasteiger partial charge on any atom is 0.308 e. The lowest BCUT2D eigenvalue weighted by molar-refractivity contribution is -0.142. The number of nitrogens with zero attached hydrogens (tertiary/aromatic N) is 2. The Morgan fingerprint density at radius 1 is 1.50 bits per heavy atom. The zero-order valence-corrected chi connectivity index (χ0v) is 10.6. The summed E-state index contributed by atoms with van der Waals surface area (Å²) in [5, 5.41) is 9.32. The number of likely N-dealkylation sites (tertiary alicyclic amines) is 1. The summed E-state index contributed by atoms with van der Waals surface area (Å²) in [7, 11) is 0. The highest BCUT2D eigenvalue weighted by Gasteiger charge is 2.37. The van der Waals surface area contributed by atoms with Crippen molar-refractivity contribution in [1.29, 1.82) is 0 Å². The van der Waals surface area contributed by atoms with Crippen LogP contribution in [0.4, 0.5) is 0 Å². The minimum Gasteiger partial charge on any atom is -0.481 e. The highest BCUT2D eigenvalue weighted by molar-refractivity contribution is 6.33. The van der Waals surface area contributed by atoms with Crippen molar-refractivity contribution in [2.45, 2.75) is 6.92 Å². The molecule has 1 N–H and O–H groups in total. The Morgan fingerprint density at radius 3 is 2.78 bits per heavy atom. The second-order valence-electron chi connectivity index (χ2n) is 4.49. The average molecular weight is 269 g/mol. The van der Waals surface area contributed by atoms with Crippen LogP contribution in [0.2, 0.25) is 5.02 Å². The van der Waals surface area contributed by atoms with Gasteiger partial charge in [-0.1, -0.05) is 18.5 Å². The van der Waals surface area contributed by atoms with Gasteiger partial charge >= 0.3 is 5.97 Å². The van der Waals surface area contributed by atoms with Gasteiger partial charge in [-0.3, -0.25) is 14.6 Å². The number of aromatic nitrogens is 1. The zero-order chi connectivity index (χ0) is 13.3. The van der Waals surface area contributed by atoms with Gasteiger partial charge in [0.25, 0.3) is 5.91 Å². The Balaban J connectivity index is 2.17. The lowest BCUT2D eigenvalue weighted by atomic mass is 9.99. The van der Waals surface area contributed by atoms with E-state index in [0.29, 0.717) is 12.1 Å². The van der Waals surface area contributed by atoms with E-state index in [1.807, 2.05) is 6.92 Å². The predicted octanol–water partition coefficient (Wildman–Crippen LogP) is 1.53. The quantitative estimate of drug-likeness (QED) is 0.883. The van der Waals surface area contributed by atoms with Crippen LogP contribution in [0.3, 0.4) is 0 Å². The first-order valence-electron chi connectivity index (χ1n) is 5.62. The summed E-state index contributed by atoms with van der Waals surface area (Å²) in [6.07, 6.45) is 2.90. The van der Waals surface area contributed by atoms with Gasteiger partial charge in [-0.15, -0.1) is 0 Å². The van der Waals surface area contributed by atoms with Crippen molar-refractivity contribution in [2.24, 2.45) is 11.8 Å². The molecule has 0 spiro atoms. The molecule has 2 unspecified atom stereocenters. The molecule has 1 aliphatic rings. The van der Waals surface area contributed by atoms with Crippen molar-refractivity contribution in [3.8, 4) is 0 Å². The van der Waals surface area contributed by atoms with E-state index >= 15 is 0 Å². The number of hydrogen-bond acceptors (Lipinski definition) is 3. The Morgan fingerprint density at radius 2 is 2.22 bits per heavy atom. The second kappa shape index (κ2) is 4.94. The number of carboxylic acids is 1. The van der Waals surface area contributed by atoms with Crippen molar-refractivity contribution in [3.05, 3.63) is 29.0 Å². The first kappa shape index (κ1) is 12.8. The fourth-order valence-electron chi connectivity index (χ4n) is 2.17. The number of rotatable bonds is 2. The maximum atomic E-state index is 12.2. The van der Waals surface area contributed by atoms with Crippen LogP contribution in [0, 0.1) is 11.8 Å². The molecule has 1 amide bonds. The molecule has 0 saturated carbocycles. The van der Waals surface area contributed by atoms with Crippen molar-refractivity contribution in [2.75, 3.05) is 13.1 Å². The van der Waals surface area contributed by atoms with Gasteiger partial charge in [0.05, 0.1) is 16.5 Å². The van der Waals surface area contributed by atoms with E-state index in [1.54, 1.807) is 6.07 Å². The molecular formula is C12H13ClN2O3. The van der Waals surface area contributed by atoms with Gasteiger partial charge in [-0.2, -0.15) is 0 Å². The van der Waals surface area contributed by atoms with Crippen molar-refractivity contribution in [3.63, 3.8) is 0 Å². The first-order valence-corrected chi connectivity index (χ1v) is 6.00. The maximum absolute atomic E-state index is 12.2. The van der Waals surface area contributed by atoms with Gasteiger partial charge in [0.15, 0.2) is 0 Å². The van der Waals surface area contributed by atoms with Crippen LogP contribution < -0.4 is 0 Å². The summed E-state index contributed by atoms with van der Waals surface area (Å²) in [6, 6.07) is 1.55. The van der Waals surface area contributed by atoms with Gasteiger partial charge in [0.2, 0.25) is 0 Å². The fraction of sp³-hybridized carbons (Fsp3) is 0.417. The molecule has 2 atom stereocenters. The summed E-state index contributed by atoms with van der Waals surface area (Å²) < 4.78 is 0. The molecule has 2 rings (SSSR count). The van der Waals surface area contributed by atoms with Gasteiger partial charge in [-0.05, 0) is 12.0 Å². The molecule has 1 aromatic heterocycles. The van der Waals surface area contributed by atoms with E-state index in [4.69, 9.17) is 16.7 Å². The van der Waals surface area contributed by atoms with E-state index in [9.17, 15) is 9.59 Å². The third-order valence-corrected chi connectivity index (χ3v) is 3.52. The van der Waals surface area contributed by atoms with Crippen molar-refractivity contribution in [1.82, 2.24) is 9.88 Å². The molecule has 0 bridgehead atoms. The van der Waals surface area contributed by atoms with Gasteiger partial charge in [-0.25, -0.2) is 0 Å². The molecule has 1 fully saturated rings. The van der Waals surface area contributed by atoms with E-state index in [-0.39, 0.29) is 23.4 Å². The Hall–Kier alpha value is -1.62. The van der Waals surface area contributed by atoms with Gasteiger partial charge in [0, 0.05) is 25.5 Å². The number of halogens is 1. The molecule has 5 nitrogen and oxygen atoms in total. The lowest BCUT2D eigenvalue weighted by Gasteiger charge is -2.16. The van der Waals surface area contributed by atoms with E-state index < -0.39 is 11.9 Å². The SMILES string of the molecule is CC1CN(C(=O)c2ccncc2Cl)CC1C(=O)O. The van der Waals surface area contributed by atoms with Crippen molar-refractivity contribution < 1.29 is 14.7 Å². The Bertz CT molecular complexity index is 492. The van der Waals surface area contributed by atoms with E-state index in [1.165, 1.54) is 17.3 Å². The molecule has 0 aliphatic carbocycles. The van der Waals surface area contributed by atoms with Crippen LogP contribution in [0.1, 0.15) is 17.3 Å². The van der Waals surface area contributed by atoms with Crippen LogP contribution in [-0.4, -0.2) is 40.0 Å². The summed E-state index contributed by atoms with van der Waals surface area (Å²) in [4.78, 5) is 28.6. The van der Waals surface area contributed by atoms with Crippen LogP contribution in [0.15, 0.2) is 18.5 Å². The number of carboxylic acid groups (broad SMARTS) is 1. The minimum atomic E-state index is -0.862. The van der Waals surface area contributed by atoms with Crippen LogP contribution in [-0.2, 0) is 4.79 Å². The second-order valence-corrected chi connectivity index (χ2v) is 4.89. The van der Waals surface area contributed by atoms with Crippen LogP contribution in [0.5, 0.6) is 0 Å². The minimum absolute atomic E-state index is 0.0490. The molecule has 0 radical (unpaired) electrons. The monoisotopic (exact) mass is 268 g/mol. The average Bonchev–Trinajstić information content (AvgIpc) is 2.71. The molecule has 96 valence electrons. The molecule has 18 heavy (non-hydrogen) atoms. The molecule has 6 heteroatoms. The molecule has 2 heterocycles. The highest BCUT2D eigenvalue weighted by atomic mass is 35.5. The Labute approximate surface area is 109 Å². The summed E-state index contributed by atoms with van der Waals surface area (Å²) in [5.41, 5.74) is 0.366. The largest absolute Gasteiger partial charge is 0.481 e. The summed E-state index contributed by atoms with van der Waals surface area (Å²) in [5.74, 6) is -1.65. The normalized spacial score (nSPS) is 23.1. The number of carbonyl (C=O) groups is 2. The Kier molecular flexibility index (Phi) is 3.52. The van der Waals surface area contributed by atoms with E-state index in [0.717, 1.165) is 0 Å². The summed E-state index contributed by atoms with van der Waals surface area (Å²) in [6.45, 7) is 2.50. The zero-order valence-electron chi connectivity index (χ0n) is 9.84. The van der Waals surface area contributed by atoms with Crippen LogP contribution in [0.25, 0.3) is 0 Å². The molecule has 1 aromatic rings. The number of amides is 1. The van der Waals surface area contributed by atoms with Gasteiger partial charge in [0.1, 0.15) is 0 Å². The van der Waals surface area contributed by atoms with Crippen molar-refractivity contribution >= 4 is 23.5 Å². The number of hydrogen-bond donors (Lipinski definition) is 1. The molecule has 1 saturated heterocycles. The molecule has 1 aliphatic heterocycles. The number of pyridine rings is 1.